The number of ether oxygens (including phenoxy) is 2. The Morgan fingerprint density at radius 2 is 1.88 bits per heavy atom. The minimum Gasteiger partial charge on any atom is -0.482 e. The number of carbonyl (C=O) groups is 2. The largest absolute Gasteiger partial charge is 0.482 e. The lowest BCUT2D eigenvalue weighted by Gasteiger charge is -2.09. The molecule has 0 aliphatic rings. The maximum Gasteiger partial charge on any atom is 0.344 e. The van der Waals surface area contributed by atoms with Crippen LogP contribution in [-0.4, -0.2) is 36.6 Å². The highest BCUT2D eigenvalue weighted by Gasteiger charge is 2.07. The maximum absolute atomic E-state index is 11.7. The number of aryl methyl sites for hydroxylation is 2. The van der Waals surface area contributed by atoms with Crippen molar-refractivity contribution in [2.45, 2.75) is 13.8 Å². The molecular weight excluding hydrogens is 344 g/mol. The Hall–Kier alpha value is -2.60. The van der Waals surface area contributed by atoms with Gasteiger partial charge in [-0.1, -0.05) is 6.07 Å². The Balaban J connectivity index is 0.00000312. The molecule has 1 aromatic carbocycles. The zero-order chi connectivity index (χ0) is 17.4. The van der Waals surface area contributed by atoms with Crippen molar-refractivity contribution in [3.05, 3.63) is 59.4 Å². The van der Waals surface area contributed by atoms with E-state index in [1.165, 1.54) is 6.20 Å². The van der Waals surface area contributed by atoms with E-state index in [9.17, 15) is 9.59 Å². The number of nitrogens with zero attached hydrogens (tertiary/aromatic N) is 1. The molecule has 0 bridgehead atoms. The van der Waals surface area contributed by atoms with E-state index in [1.807, 2.05) is 32.0 Å². The van der Waals surface area contributed by atoms with Crippen molar-refractivity contribution in [2.24, 2.45) is 0 Å². The summed E-state index contributed by atoms with van der Waals surface area (Å²) in [6.07, 6.45) is 3.06. The molecule has 1 aromatic heterocycles. The van der Waals surface area contributed by atoms with Crippen molar-refractivity contribution in [1.29, 1.82) is 0 Å². The molecule has 0 saturated carbocycles. The highest BCUT2D eigenvalue weighted by atomic mass is 35.5. The van der Waals surface area contributed by atoms with Crippen LogP contribution < -0.4 is 10.1 Å². The van der Waals surface area contributed by atoms with E-state index in [-0.39, 0.29) is 38.1 Å². The van der Waals surface area contributed by atoms with Crippen LogP contribution in [0, 0.1) is 13.8 Å². The van der Waals surface area contributed by atoms with Crippen LogP contribution in [-0.2, 0) is 9.53 Å². The molecule has 0 aliphatic carbocycles. The lowest BCUT2D eigenvalue weighted by atomic mass is 10.1. The Morgan fingerprint density at radius 3 is 2.52 bits per heavy atom. The zero-order valence-corrected chi connectivity index (χ0v) is 15.0. The van der Waals surface area contributed by atoms with E-state index in [4.69, 9.17) is 9.47 Å². The van der Waals surface area contributed by atoms with Crippen LogP contribution in [0.25, 0.3) is 0 Å². The molecule has 0 spiro atoms. The Labute approximate surface area is 153 Å². The van der Waals surface area contributed by atoms with Crippen LogP contribution in [0.3, 0.4) is 0 Å². The third-order valence-corrected chi connectivity index (χ3v) is 3.13. The van der Waals surface area contributed by atoms with Crippen LogP contribution in [0.2, 0.25) is 0 Å². The second-order valence-corrected chi connectivity index (χ2v) is 5.33. The predicted molar refractivity (Wildman–Crippen MR) is 96.2 cm³/mol. The SMILES string of the molecule is Cc1cc(C)cc(OCC(=O)OCCNC(=O)c2cccnc2)c1.Cl. The molecular formula is C18H21ClN2O4. The van der Waals surface area contributed by atoms with Gasteiger partial charge < -0.3 is 14.8 Å². The van der Waals surface area contributed by atoms with Gasteiger partial charge in [-0.3, -0.25) is 9.78 Å². The molecule has 2 rings (SSSR count). The molecule has 1 amide bonds. The number of hydrogen-bond donors (Lipinski definition) is 1. The predicted octanol–water partition coefficient (Wildman–Crippen LogP) is 2.47. The number of hydrogen-bond acceptors (Lipinski definition) is 5. The molecule has 1 N–H and O–H groups in total. The zero-order valence-electron chi connectivity index (χ0n) is 14.2. The molecule has 0 fully saturated rings. The fraction of sp³-hybridized carbons (Fsp3) is 0.278. The number of aromatic nitrogens is 1. The lowest BCUT2D eigenvalue weighted by Crippen LogP contribution is -2.28. The standard InChI is InChI=1S/C18H20N2O4.ClH/c1-13-8-14(2)10-16(9-13)24-12-17(21)23-7-6-20-18(22)15-4-3-5-19-11-15;/h3-5,8-11H,6-7,12H2,1-2H3,(H,20,22);1H. The minimum atomic E-state index is -0.482. The summed E-state index contributed by atoms with van der Waals surface area (Å²) in [5, 5.41) is 2.65. The number of benzene rings is 1. The number of carbonyl (C=O) groups excluding carboxylic acids is 2. The number of nitrogens with one attached hydrogen (secondary N) is 1. The normalized spacial score (nSPS) is 9.68. The molecule has 7 heteroatoms. The summed E-state index contributed by atoms with van der Waals surface area (Å²) in [7, 11) is 0. The second kappa shape index (κ2) is 10.3. The van der Waals surface area contributed by atoms with E-state index >= 15 is 0 Å². The second-order valence-electron chi connectivity index (χ2n) is 5.33. The summed E-state index contributed by atoms with van der Waals surface area (Å²) in [5.74, 6) is -0.107. The first-order chi connectivity index (χ1) is 11.5. The van der Waals surface area contributed by atoms with Gasteiger partial charge in [-0.25, -0.2) is 4.79 Å². The quantitative estimate of drug-likeness (QED) is 0.603. The van der Waals surface area contributed by atoms with Crippen LogP contribution in [0.1, 0.15) is 21.5 Å². The fourth-order valence-electron chi connectivity index (χ4n) is 2.13. The van der Waals surface area contributed by atoms with Gasteiger partial charge in [-0.2, -0.15) is 0 Å². The van der Waals surface area contributed by atoms with Gasteiger partial charge in [0.1, 0.15) is 12.4 Å². The van der Waals surface area contributed by atoms with Gasteiger partial charge in [-0.05, 0) is 49.2 Å². The Bertz CT molecular complexity index is 687. The van der Waals surface area contributed by atoms with Crippen LogP contribution >= 0.6 is 12.4 Å². The number of amides is 1. The van der Waals surface area contributed by atoms with Crippen LogP contribution in [0.4, 0.5) is 0 Å². The van der Waals surface area contributed by atoms with E-state index in [0.29, 0.717) is 11.3 Å². The average molecular weight is 365 g/mol. The highest BCUT2D eigenvalue weighted by Crippen LogP contribution is 2.16. The van der Waals surface area contributed by atoms with Crippen molar-refractivity contribution in [3.8, 4) is 5.75 Å². The summed E-state index contributed by atoms with van der Waals surface area (Å²) in [5.41, 5.74) is 2.59. The van der Waals surface area contributed by atoms with Gasteiger partial charge in [0.25, 0.3) is 5.91 Å². The van der Waals surface area contributed by atoms with Crippen LogP contribution in [0.5, 0.6) is 5.75 Å². The average Bonchev–Trinajstić information content (AvgIpc) is 2.56. The van der Waals surface area contributed by atoms with Gasteiger partial charge in [-0.15, -0.1) is 12.4 Å². The van der Waals surface area contributed by atoms with E-state index < -0.39 is 5.97 Å². The summed E-state index contributed by atoms with van der Waals surface area (Å²) in [4.78, 5) is 27.2. The van der Waals surface area contributed by atoms with E-state index in [1.54, 1.807) is 18.3 Å². The number of rotatable bonds is 7. The van der Waals surface area contributed by atoms with E-state index in [2.05, 4.69) is 10.3 Å². The summed E-state index contributed by atoms with van der Waals surface area (Å²) < 4.78 is 10.4. The summed E-state index contributed by atoms with van der Waals surface area (Å²) >= 11 is 0. The molecule has 6 nitrogen and oxygen atoms in total. The molecule has 1 heterocycles. The maximum atomic E-state index is 11.7. The first-order valence-electron chi connectivity index (χ1n) is 7.59. The fourth-order valence-corrected chi connectivity index (χ4v) is 2.13. The topological polar surface area (TPSA) is 77.5 Å². The minimum absolute atomic E-state index is 0. The van der Waals surface area contributed by atoms with Gasteiger partial charge in [0.2, 0.25) is 0 Å². The van der Waals surface area contributed by atoms with Crippen molar-refractivity contribution >= 4 is 24.3 Å². The Kier molecular flexibility index (Phi) is 8.43. The highest BCUT2D eigenvalue weighted by molar-refractivity contribution is 5.93. The van der Waals surface area contributed by atoms with Crippen molar-refractivity contribution in [3.63, 3.8) is 0 Å². The Morgan fingerprint density at radius 1 is 1.16 bits per heavy atom. The first-order valence-corrected chi connectivity index (χ1v) is 7.59. The van der Waals surface area contributed by atoms with Gasteiger partial charge in [0.05, 0.1) is 12.1 Å². The third-order valence-electron chi connectivity index (χ3n) is 3.13. The van der Waals surface area contributed by atoms with Crippen molar-refractivity contribution < 1.29 is 19.1 Å². The molecule has 0 radical (unpaired) electrons. The van der Waals surface area contributed by atoms with Crippen molar-refractivity contribution in [1.82, 2.24) is 10.3 Å². The summed E-state index contributed by atoms with van der Waals surface area (Å²) in [6, 6.07) is 9.07. The number of esters is 1. The lowest BCUT2D eigenvalue weighted by molar-refractivity contribution is -0.145. The third kappa shape index (κ3) is 7.22. The summed E-state index contributed by atoms with van der Waals surface area (Å²) in [6.45, 7) is 4.07. The number of pyridine rings is 1. The number of halogens is 1. The molecule has 0 saturated heterocycles. The van der Waals surface area contributed by atoms with Gasteiger partial charge in [0, 0.05) is 12.4 Å². The molecule has 2 aromatic rings. The van der Waals surface area contributed by atoms with E-state index in [0.717, 1.165) is 11.1 Å². The van der Waals surface area contributed by atoms with Crippen molar-refractivity contribution in [2.75, 3.05) is 19.8 Å². The molecule has 25 heavy (non-hydrogen) atoms. The monoisotopic (exact) mass is 364 g/mol. The van der Waals surface area contributed by atoms with Gasteiger partial charge in [0.15, 0.2) is 6.61 Å². The molecule has 0 aliphatic heterocycles. The molecule has 0 atom stereocenters. The van der Waals surface area contributed by atoms with Gasteiger partial charge >= 0.3 is 5.97 Å². The molecule has 134 valence electrons. The molecule has 0 unspecified atom stereocenters. The smallest absolute Gasteiger partial charge is 0.344 e. The first kappa shape index (κ1) is 20.4. The van der Waals surface area contributed by atoms with Crippen LogP contribution in [0.15, 0.2) is 42.7 Å².